The normalized spacial score (nSPS) is 11.1. The van der Waals surface area contributed by atoms with Crippen molar-refractivity contribution in [3.63, 3.8) is 0 Å². The Balaban J connectivity index is 1.42. The number of unbranched alkanes of at least 4 members (excludes halogenated alkanes) is 1. The van der Waals surface area contributed by atoms with Gasteiger partial charge in [0.25, 0.3) is 0 Å². The fourth-order valence-corrected chi connectivity index (χ4v) is 3.78. The van der Waals surface area contributed by atoms with Crippen LogP contribution in [0.1, 0.15) is 31.2 Å². The minimum atomic E-state index is 0.547. The molecule has 3 heterocycles. The van der Waals surface area contributed by atoms with Gasteiger partial charge in [-0.3, -0.25) is 4.98 Å². The average molecular weight is 437 g/mol. The van der Waals surface area contributed by atoms with E-state index < -0.39 is 0 Å². The number of nitrogens with zero attached hydrogens (tertiary/aromatic N) is 7. The van der Waals surface area contributed by atoms with E-state index in [2.05, 4.69) is 56.8 Å². The fourth-order valence-electron chi connectivity index (χ4n) is 3.78. The van der Waals surface area contributed by atoms with Crippen LogP contribution in [0.25, 0.3) is 34.0 Å². The summed E-state index contributed by atoms with van der Waals surface area (Å²) >= 11 is 0. The van der Waals surface area contributed by atoms with Crippen LogP contribution >= 0.6 is 0 Å². The van der Waals surface area contributed by atoms with E-state index in [0.717, 1.165) is 58.9 Å². The molecule has 8 heteroatoms. The van der Waals surface area contributed by atoms with Gasteiger partial charge < -0.3 is 0 Å². The first-order valence-corrected chi connectivity index (χ1v) is 11.1. The molecule has 8 nitrogen and oxygen atoms in total. The predicted octanol–water partition coefficient (Wildman–Crippen LogP) is 4.58. The number of hydrogen-bond donors (Lipinski definition) is 1. The highest BCUT2D eigenvalue weighted by atomic mass is 15.5. The molecule has 0 fully saturated rings. The van der Waals surface area contributed by atoms with Gasteiger partial charge >= 0.3 is 0 Å². The molecule has 0 spiro atoms. The summed E-state index contributed by atoms with van der Waals surface area (Å²) in [4.78, 5) is 9.30. The fraction of sp³-hybridized carbons (Fsp3) is 0.200. The minimum absolute atomic E-state index is 0.547. The van der Waals surface area contributed by atoms with Gasteiger partial charge in [0.1, 0.15) is 11.5 Å². The minimum Gasteiger partial charge on any atom is -0.252 e. The number of aromatic amines is 1. The van der Waals surface area contributed by atoms with E-state index in [9.17, 15) is 0 Å². The topological polar surface area (TPSA) is 98.1 Å². The van der Waals surface area contributed by atoms with Gasteiger partial charge in [0, 0.05) is 23.7 Å². The lowest BCUT2D eigenvalue weighted by Crippen LogP contribution is -2.07. The number of aryl methyl sites for hydroxylation is 1. The van der Waals surface area contributed by atoms with Gasteiger partial charge in [-0.25, -0.2) is 14.8 Å². The zero-order valence-electron chi connectivity index (χ0n) is 18.4. The van der Waals surface area contributed by atoms with E-state index in [4.69, 9.17) is 10.1 Å². The van der Waals surface area contributed by atoms with Crippen molar-refractivity contribution in [1.82, 2.24) is 40.4 Å². The zero-order chi connectivity index (χ0) is 22.5. The maximum Gasteiger partial charge on any atom is 0.198 e. The molecular formula is C25H24N8. The first-order chi connectivity index (χ1) is 16.3. The van der Waals surface area contributed by atoms with E-state index in [-0.39, 0.29) is 0 Å². The highest BCUT2D eigenvalue weighted by Crippen LogP contribution is 2.28. The molecule has 0 aliphatic rings. The number of benzene rings is 2. The summed E-state index contributed by atoms with van der Waals surface area (Å²) in [5, 5.41) is 19.0. The van der Waals surface area contributed by atoms with Gasteiger partial charge in [-0.1, -0.05) is 74.0 Å². The SMILES string of the molecule is CCCCc1nc(-c2ccccc2)nn1Cc1ccc(-c2cccnc2-c2nnn[nH]2)cc1. The summed E-state index contributed by atoms with van der Waals surface area (Å²) in [6.45, 7) is 2.87. The number of pyridine rings is 1. The Hall–Kier alpha value is -4.20. The third-order valence-corrected chi connectivity index (χ3v) is 5.51. The maximum atomic E-state index is 4.84. The van der Waals surface area contributed by atoms with Crippen LogP contribution in [-0.2, 0) is 13.0 Å². The summed E-state index contributed by atoms with van der Waals surface area (Å²) in [5.41, 5.74) is 4.94. The Morgan fingerprint density at radius 1 is 0.909 bits per heavy atom. The molecule has 0 radical (unpaired) electrons. The Bertz CT molecular complexity index is 1310. The molecule has 0 saturated carbocycles. The Kier molecular flexibility index (Phi) is 5.97. The lowest BCUT2D eigenvalue weighted by Gasteiger charge is -2.09. The van der Waals surface area contributed by atoms with Gasteiger partial charge in [0.05, 0.1) is 6.54 Å². The standard InChI is InChI=1S/C25H24N8/c1-2-3-11-22-27-24(20-8-5-4-6-9-20)30-33(22)17-18-12-14-19(15-13-18)21-10-7-16-26-23(21)25-28-31-32-29-25/h4-10,12-16H,2-3,11,17H2,1H3,(H,28,29,31,32). The van der Waals surface area contributed by atoms with Crippen LogP contribution in [0, 0.1) is 0 Å². The third kappa shape index (κ3) is 4.55. The van der Waals surface area contributed by atoms with Crippen molar-refractivity contribution >= 4 is 0 Å². The van der Waals surface area contributed by atoms with E-state index in [1.54, 1.807) is 6.20 Å². The van der Waals surface area contributed by atoms with Crippen LogP contribution in [0.4, 0.5) is 0 Å². The molecule has 33 heavy (non-hydrogen) atoms. The van der Waals surface area contributed by atoms with Gasteiger partial charge in [-0.05, 0) is 34.0 Å². The van der Waals surface area contributed by atoms with Crippen molar-refractivity contribution in [2.24, 2.45) is 0 Å². The largest absolute Gasteiger partial charge is 0.252 e. The van der Waals surface area contributed by atoms with E-state index in [1.165, 1.54) is 0 Å². The summed E-state index contributed by atoms with van der Waals surface area (Å²) in [6.07, 6.45) is 4.86. The number of rotatable bonds is 8. The van der Waals surface area contributed by atoms with E-state index in [1.807, 2.05) is 47.1 Å². The second-order valence-electron chi connectivity index (χ2n) is 7.83. The second kappa shape index (κ2) is 9.52. The molecule has 5 aromatic rings. The Morgan fingerprint density at radius 2 is 1.76 bits per heavy atom. The molecular weight excluding hydrogens is 412 g/mol. The number of hydrogen-bond acceptors (Lipinski definition) is 6. The molecule has 2 aromatic carbocycles. The lowest BCUT2D eigenvalue weighted by molar-refractivity contribution is 0.618. The predicted molar refractivity (Wildman–Crippen MR) is 126 cm³/mol. The van der Waals surface area contributed by atoms with Crippen molar-refractivity contribution < 1.29 is 0 Å². The monoisotopic (exact) mass is 436 g/mol. The van der Waals surface area contributed by atoms with Crippen LogP contribution in [0.2, 0.25) is 0 Å². The molecule has 0 aliphatic carbocycles. The molecule has 164 valence electrons. The third-order valence-electron chi connectivity index (χ3n) is 5.51. The van der Waals surface area contributed by atoms with Crippen molar-refractivity contribution in [2.45, 2.75) is 32.7 Å². The van der Waals surface area contributed by atoms with Crippen molar-refractivity contribution in [2.75, 3.05) is 0 Å². The zero-order valence-corrected chi connectivity index (χ0v) is 18.4. The molecule has 0 amide bonds. The number of aromatic nitrogens is 8. The summed E-state index contributed by atoms with van der Waals surface area (Å²) < 4.78 is 2.03. The second-order valence-corrected chi connectivity index (χ2v) is 7.83. The molecule has 0 bridgehead atoms. The van der Waals surface area contributed by atoms with Crippen molar-refractivity contribution in [3.8, 4) is 34.0 Å². The number of nitrogens with one attached hydrogen (secondary N) is 1. The van der Waals surface area contributed by atoms with Gasteiger partial charge in [-0.2, -0.15) is 5.10 Å². The Morgan fingerprint density at radius 3 is 2.52 bits per heavy atom. The molecule has 1 N–H and O–H groups in total. The van der Waals surface area contributed by atoms with E-state index in [0.29, 0.717) is 12.4 Å². The summed E-state index contributed by atoms with van der Waals surface area (Å²) in [6, 6.07) is 22.5. The van der Waals surface area contributed by atoms with Gasteiger partial charge in [0.2, 0.25) is 0 Å². The Labute approximate surface area is 191 Å². The highest BCUT2D eigenvalue weighted by molar-refractivity contribution is 5.77. The average Bonchev–Trinajstić information content (AvgIpc) is 3.54. The number of tetrazole rings is 1. The van der Waals surface area contributed by atoms with Crippen LogP contribution in [0.5, 0.6) is 0 Å². The first-order valence-electron chi connectivity index (χ1n) is 11.1. The smallest absolute Gasteiger partial charge is 0.198 e. The molecule has 0 aliphatic heterocycles. The van der Waals surface area contributed by atoms with Crippen LogP contribution in [-0.4, -0.2) is 40.4 Å². The quantitative estimate of drug-likeness (QED) is 0.382. The van der Waals surface area contributed by atoms with Crippen molar-refractivity contribution in [1.29, 1.82) is 0 Å². The highest BCUT2D eigenvalue weighted by Gasteiger charge is 2.14. The first kappa shape index (κ1) is 20.7. The molecule has 0 saturated heterocycles. The molecule has 0 unspecified atom stereocenters. The lowest BCUT2D eigenvalue weighted by atomic mass is 10.0. The van der Waals surface area contributed by atoms with Gasteiger partial charge in [-0.15, -0.1) is 5.10 Å². The summed E-state index contributed by atoms with van der Waals surface area (Å²) in [5.74, 6) is 2.34. The summed E-state index contributed by atoms with van der Waals surface area (Å²) in [7, 11) is 0. The van der Waals surface area contributed by atoms with Crippen LogP contribution in [0.15, 0.2) is 72.9 Å². The molecule has 5 rings (SSSR count). The van der Waals surface area contributed by atoms with Gasteiger partial charge in [0.15, 0.2) is 11.6 Å². The molecule has 3 aromatic heterocycles. The number of H-pyrrole nitrogens is 1. The van der Waals surface area contributed by atoms with Crippen LogP contribution in [0.3, 0.4) is 0 Å². The van der Waals surface area contributed by atoms with Crippen molar-refractivity contribution in [3.05, 3.63) is 84.3 Å². The van der Waals surface area contributed by atoms with E-state index >= 15 is 0 Å². The van der Waals surface area contributed by atoms with Crippen LogP contribution < -0.4 is 0 Å². The maximum absolute atomic E-state index is 4.84. The molecule has 0 atom stereocenters.